The number of aliphatic hydroxyl groups is 1. The Morgan fingerprint density at radius 1 is 1.12 bits per heavy atom. The van der Waals surface area contributed by atoms with E-state index in [1.54, 1.807) is 42.5 Å². The molecule has 11 heteroatoms. The van der Waals surface area contributed by atoms with Crippen LogP contribution >= 0.6 is 11.6 Å². The quantitative estimate of drug-likeness (QED) is 0.306. The molecule has 0 radical (unpaired) electrons. The van der Waals surface area contributed by atoms with E-state index < -0.39 is 0 Å². The molecule has 3 N–H and O–H groups in total. The highest BCUT2D eigenvalue weighted by Crippen LogP contribution is 2.34. The van der Waals surface area contributed by atoms with Gasteiger partial charge in [-0.2, -0.15) is 4.98 Å². The lowest BCUT2D eigenvalue weighted by Crippen LogP contribution is -2.14. The highest BCUT2D eigenvalue weighted by Gasteiger charge is 2.13. The fraction of sp³-hybridized carbons (Fsp3) is 0.174. The number of aliphatic hydroxyl groups excluding tert-OH is 1. The summed E-state index contributed by atoms with van der Waals surface area (Å²) in [5.74, 6) is 1.65. The first kappa shape index (κ1) is 23.1. The number of hydrogen-bond acceptors (Lipinski definition) is 9. The maximum atomic E-state index is 12.5. The minimum Gasteiger partial charge on any atom is -0.493 e. The summed E-state index contributed by atoms with van der Waals surface area (Å²) in [6.07, 6.45) is 3.43. The number of ether oxygens (including phenoxy) is 2. The predicted octanol–water partition coefficient (Wildman–Crippen LogP) is 3.84. The number of amides is 1. The van der Waals surface area contributed by atoms with Crippen LogP contribution in [0.5, 0.6) is 11.5 Å². The number of benzene rings is 2. The summed E-state index contributed by atoms with van der Waals surface area (Å²) in [5, 5.41) is 15.9. The van der Waals surface area contributed by atoms with Gasteiger partial charge in [-0.25, -0.2) is 15.0 Å². The zero-order chi connectivity index (χ0) is 23.9. The first-order chi connectivity index (χ1) is 16.6. The Bertz CT molecular complexity index is 1320. The number of carbonyl (C=O) groups excluding carboxylic acids is 1. The van der Waals surface area contributed by atoms with E-state index in [-0.39, 0.29) is 18.5 Å². The largest absolute Gasteiger partial charge is 0.493 e. The number of rotatable bonds is 9. The molecule has 34 heavy (non-hydrogen) atoms. The molecule has 0 aliphatic carbocycles. The molecular weight excluding hydrogens is 460 g/mol. The second kappa shape index (κ2) is 10.7. The minimum absolute atomic E-state index is 0.0343. The zero-order valence-electron chi connectivity index (χ0n) is 18.2. The van der Waals surface area contributed by atoms with Gasteiger partial charge in [-0.3, -0.25) is 10.1 Å². The molecule has 2 aromatic heterocycles. The molecule has 4 rings (SSSR count). The average molecular weight is 481 g/mol. The molecule has 2 heterocycles. The van der Waals surface area contributed by atoms with Crippen LogP contribution in [0.15, 0.2) is 55.0 Å². The zero-order valence-corrected chi connectivity index (χ0v) is 18.9. The molecule has 0 saturated heterocycles. The summed E-state index contributed by atoms with van der Waals surface area (Å²) >= 11 is 5.96. The van der Waals surface area contributed by atoms with Crippen LogP contribution in [0, 0.1) is 0 Å². The molecule has 1 amide bonds. The molecule has 0 bridgehead atoms. The molecule has 4 aromatic rings. The van der Waals surface area contributed by atoms with Gasteiger partial charge in [-0.05, 0) is 30.3 Å². The van der Waals surface area contributed by atoms with Gasteiger partial charge < -0.3 is 19.9 Å². The van der Waals surface area contributed by atoms with Crippen LogP contribution in [0.1, 0.15) is 16.8 Å². The summed E-state index contributed by atoms with van der Waals surface area (Å²) in [6.45, 7) is 0.381. The molecule has 0 spiro atoms. The van der Waals surface area contributed by atoms with Crippen molar-refractivity contribution >= 4 is 46.0 Å². The maximum absolute atomic E-state index is 12.5. The van der Waals surface area contributed by atoms with Gasteiger partial charge in [0.15, 0.2) is 11.5 Å². The van der Waals surface area contributed by atoms with Gasteiger partial charge in [0.2, 0.25) is 5.95 Å². The second-order valence-electron chi connectivity index (χ2n) is 7.02. The van der Waals surface area contributed by atoms with E-state index in [4.69, 9.17) is 26.2 Å². The van der Waals surface area contributed by atoms with E-state index in [1.807, 2.05) is 0 Å². The Hall–Kier alpha value is -4.02. The number of halogens is 1. The smallest absolute Gasteiger partial charge is 0.258 e. The van der Waals surface area contributed by atoms with Crippen LogP contribution in [-0.4, -0.2) is 51.3 Å². The molecule has 0 atom stereocenters. The summed E-state index contributed by atoms with van der Waals surface area (Å²) in [6, 6.07) is 11.7. The van der Waals surface area contributed by atoms with Crippen molar-refractivity contribution in [3.63, 3.8) is 0 Å². The number of nitrogens with zero attached hydrogens (tertiary/aromatic N) is 4. The minimum atomic E-state index is -0.384. The molecule has 0 unspecified atom stereocenters. The fourth-order valence-corrected chi connectivity index (χ4v) is 3.29. The molecule has 0 saturated carbocycles. The van der Waals surface area contributed by atoms with Gasteiger partial charge in [-0.1, -0.05) is 17.7 Å². The average Bonchev–Trinajstić information content (AvgIpc) is 2.84. The van der Waals surface area contributed by atoms with Gasteiger partial charge >= 0.3 is 0 Å². The third-order valence-corrected chi connectivity index (χ3v) is 4.93. The molecular formula is C23H21ClN6O4. The second-order valence-corrected chi connectivity index (χ2v) is 7.46. The van der Waals surface area contributed by atoms with Gasteiger partial charge in [0, 0.05) is 41.3 Å². The van der Waals surface area contributed by atoms with Crippen LogP contribution in [0.2, 0.25) is 5.02 Å². The normalized spacial score (nSPS) is 10.7. The summed E-state index contributed by atoms with van der Waals surface area (Å²) in [4.78, 5) is 29.6. The van der Waals surface area contributed by atoms with Gasteiger partial charge in [0.05, 0.1) is 19.2 Å². The number of methoxy groups -OCH3 is 1. The number of aromatic nitrogens is 4. The Labute approximate surface area is 200 Å². The van der Waals surface area contributed by atoms with E-state index in [2.05, 4.69) is 30.6 Å². The van der Waals surface area contributed by atoms with Crippen LogP contribution in [0.3, 0.4) is 0 Å². The standard InChI is InChI=1S/C23H21ClN6O4/c1-33-18-11-16-17(12-19(18)34-9-3-8-31)26-13-27-21(16)28-20-6-7-25-23(29-20)30-22(32)14-4-2-5-15(24)10-14/h2,4-7,10-13,31H,3,8-9H2,1H3,(H2,25,26,27,28,29,30,32). The van der Waals surface area contributed by atoms with Crippen LogP contribution < -0.4 is 20.1 Å². The summed E-state index contributed by atoms with van der Waals surface area (Å²) < 4.78 is 11.1. The van der Waals surface area contributed by atoms with Crippen LogP contribution in [0.25, 0.3) is 10.9 Å². The third-order valence-electron chi connectivity index (χ3n) is 4.69. The van der Waals surface area contributed by atoms with Crippen LogP contribution in [-0.2, 0) is 0 Å². The SMILES string of the molecule is COc1cc2c(Nc3ccnc(NC(=O)c4cccc(Cl)c4)n3)ncnc2cc1OCCCO. The predicted molar refractivity (Wildman–Crippen MR) is 128 cm³/mol. The maximum Gasteiger partial charge on any atom is 0.258 e. The number of hydrogen-bond donors (Lipinski definition) is 3. The lowest BCUT2D eigenvalue weighted by molar-refractivity contribution is 0.102. The molecule has 10 nitrogen and oxygen atoms in total. The monoisotopic (exact) mass is 480 g/mol. The first-order valence-electron chi connectivity index (χ1n) is 10.3. The lowest BCUT2D eigenvalue weighted by Gasteiger charge is -2.13. The Morgan fingerprint density at radius 3 is 2.79 bits per heavy atom. The van der Waals surface area contributed by atoms with E-state index in [0.717, 1.165) is 0 Å². The molecule has 0 aliphatic heterocycles. The van der Waals surface area contributed by atoms with Crippen molar-refractivity contribution in [2.75, 3.05) is 31.0 Å². The van der Waals surface area contributed by atoms with E-state index >= 15 is 0 Å². The summed E-state index contributed by atoms with van der Waals surface area (Å²) in [5.41, 5.74) is 1.02. The van der Waals surface area contributed by atoms with Crippen molar-refractivity contribution in [1.29, 1.82) is 0 Å². The number of nitrogens with one attached hydrogen (secondary N) is 2. The topological polar surface area (TPSA) is 131 Å². The lowest BCUT2D eigenvalue weighted by atomic mass is 10.2. The molecule has 0 fully saturated rings. The van der Waals surface area contributed by atoms with Crippen molar-refractivity contribution in [3.8, 4) is 11.5 Å². The van der Waals surface area contributed by atoms with Gasteiger partial charge in [-0.15, -0.1) is 0 Å². The Kier molecular flexibility index (Phi) is 7.31. The Morgan fingerprint density at radius 2 is 2.00 bits per heavy atom. The van der Waals surface area contributed by atoms with Gasteiger partial charge in [0.1, 0.15) is 18.0 Å². The molecule has 2 aromatic carbocycles. The van der Waals surface area contributed by atoms with E-state index in [9.17, 15) is 4.79 Å². The third kappa shape index (κ3) is 5.48. The van der Waals surface area contributed by atoms with E-state index in [0.29, 0.717) is 57.7 Å². The summed E-state index contributed by atoms with van der Waals surface area (Å²) in [7, 11) is 1.54. The van der Waals surface area contributed by atoms with Crippen molar-refractivity contribution < 1.29 is 19.4 Å². The molecule has 174 valence electrons. The van der Waals surface area contributed by atoms with Crippen molar-refractivity contribution in [3.05, 3.63) is 65.6 Å². The van der Waals surface area contributed by atoms with E-state index in [1.165, 1.54) is 19.6 Å². The number of fused-ring (bicyclic) bond motifs is 1. The molecule has 0 aliphatic rings. The van der Waals surface area contributed by atoms with Gasteiger partial charge in [0.25, 0.3) is 5.91 Å². The van der Waals surface area contributed by atoms with Crippen molar-refractivity contribution in [2.24, 2.45) is 0 Å². The highest BCUT2D eigenvalue weighted by molar-refractivity contribution is 6.31. The van der Waals surface area contributed by atoms with Crippen molar-refractivity contribution in [1.82, 2.24) is 19.9 Å². The first-order valence-corrected chi connectivity index (χ1v) is 10.7. The number of carbonyl (C=O) groups is 1. The number of anilines is 3. The van der Waals surface area contributed by atoms with Crippen molar-refractivity contribution in [2.45, 2.75) is 6.42 Å². The Balaban J connectivity index is 1.57. The highest BCUT2D eigenvalue weighted by atomic mass is 35.5. The van der Waals surface area contributed by atoms with Crippen LogP contribution in [0.4, 0.5) is 17.6 Å². The fourth-order valence-electron chi connectivity index (χ4n) is 3.10.